The second-order valence-electron chi connectivity index (χ2n) is 3.25. The van der Waals surface area contributed by atoms with Crippen LogP contribution in [0.4, 0.5) is 5.69 Å². The molecule has 0 saturated carbocycles. The lowest BCUT2D eigenvalue weighted by molar-refractivity contribution is -0.385. The molecule has 0 aromatic carbocycles. The molecule has 0 spiro atoms. The van der Waals surface area contributed by atoms with E-state index in [2.05, 4.69) is 10.1 Å². The first-order valence-electron chi connectivity index (χ1n) is 4.89. The molecule has 17 heavy (non-hydrogen) atoms. The van der Waals surface area contributed by atoms with Crippen LogP contribution in [-0.4, -0.2) is 37.8 Å². The van der Waals surface area contributed by atoms with Crippen molar-refractivity contribution in [1.82, 2.24) is 14.6 Å². The van der Waals surface area contributed by atoms with Crippen molar-refractivity contribution in [2.75, 3.05) is 13.2 Å². The van der Waals surface area contributed by atoms with E-state index in [1.165, 1.54) is 22.8 Å². The van der Waals surface area contributed by atoms with Gasteiger partial charge in [-0.05, 0) is 6.07 Å². The van der Waals surface area contributed by atoms with E-state index in [4.69, 9.17) is 9.84 Å². The van der Waals surface area contributed by atoms with Crippen LogP contribution in [0.2, 0.25) is 0 Å². The summed E-state index contributed by atoms with van der Waals surface area (Å²) in [5.74, 6) is 0.416. The summed E-state index contributed by atoms with van der Waals surface area (Å²) in [4.78, 5) is 14.2. The highest BCUT2D eigenvalue weighted by Crippen LogP contribution is 2.11. The molecule has 8 nitrogen and oxygen atoms in total. The summed E-state index contributed by atoms with van der Waals surface area (Å²) in [6, 6.07) is 2.88. The molecule has 2 rings (SSSR count). The number of hydrogen-bond acceptors (Lipinski definition) is 6. The van der Waals surface area contributed by atoms with Gasteiger partial charge in [0.2, 0.25) is 0 Å². The lowest BCUT2D eigenvalue weighted by atomic mass is 10.4. The van der Waals surface area contributed by atoms with Crippen LogP contribution < -0.4 is 0 Å². The van der Waals surface area contributed by atoms with Gasteiger partial charge in [0, 0.05) is 6.07 Å². The second-order valence-corrected chi connectivity index (χ2v) is 3.25. The lowest BCUT2D eigenvalue weighted by Gasteiger charge is -1.95. The summed E-state index contributed by atoms with van der Waals surface area (Å²) in [5.41, 5.74) is 0.462. The lowest BCUT2D eigenvalue weighted by Crippen LogP contribution is -2.00. The van der Waals surface area contributed by atoms with Crippen LogP contribution in [0.1, 0.15) is 5.82 Å². The van der Waals surface area contributed by atoms with Crippen molar-refractivity contribution in [3.8, 4) is 0 Å². The fraction of sp³-hybridized carbons (Fsp3) is 0.333. The Bertz CT molecular complexity index is 539. The number of nitrogens with zero attached hydrogens (tertiary/aromatic N) is 4. The first-order chi connectivity index (χ1) is 8.20. The molecular formula is C9H10N4O4. The molecule has 0 unspecified atom stereocenters. The Morgan fingerprint density at radius 1 is 1.53 bits per heavy atom. The van der Waals surface area contributed by atoms with E-state index in [-0.39, 0.29) is 25.5 Å². The van der Waals surface area contributed by atoms with Gasteiger partial charge in [-0.25, -0.2) is 9.50 Å². The minimum Gasteiger partial charge on any atom is -0.394 e. The molecule has 2 aromatic heterocycles. The van der Waals surface area contributed by atoms with Gasteiger partial charge in [0.05, 0.1) is 18.1 Å². The number of aliphatic hydroxyl groups excluding tert-OH is 1. The number of ether oxygens (including phenoxy) is 1. The molecule has 0 aliphatic heterocycles. The van der Waals surface area contributed by atoms with E-state index in [1.54, 1.807) is 0 Å². The minimum absolute atomic E-state index is 0.0507. The maximum absolute atomic E-state index is 10.6. The Hall–Kier alpha value is -2.06. The molecule has 0 amide bonds. The normalized spacial score (nSPS) is 10.9. The van der Waals surface area contributed by atoms with Gasteiger partial charge in [0.1, 0.15) is 12.8 Å². The fourth-order valence-corrected chi connectivity index (χ4v) is 1.32. The number of aromatic nitrogens is 3. The number of nitro groups is 1. The van der Waals surface area contributed by atoms with Crippen LogP contribution in [0, 0.1) is 10.1 Å². The predicted molar refractivity (Wildman–Crippen MR) is 56.4 cm³/mol. The van der Waals surface area contributed by atoms with Gasteiger partial charge < -0.3 is 9.84 Å². The van der Waals surface area contributed by atoms with E-state index in [9.17, 15) is 10.1 Å². The zero-order valence-electron chi connectivity index (χ0n) is 8.81. The van der Waals surface area contributed by atoms with Crippen LogP contribution in [0.3, 0.4) is 0 Å². The molecule has 1 N–H and O–H groups in total. The topological polar surface area (TPSA) is 103 Å². The quantitative estimate of drug-likeness (QED) is 0.451. The Balaban J connectivity index is 2.21. The van der Waals surface area contributed by atoms with Crippen LogP contribution in [0.5, 0.6) is 0 Å². The molecule has 2 heterocycles. The van der Waals surface area contributed by atoms with Crippen LogP contribution >= 0.6 is 0 Å². The van der Waals surface area contributed by atoms with Gasteiger partial charge in [-0.1, -0.05) is 0 Å². The Labute approximate surface area is 95.6 Å². The Morgan fingerprint density at radius 3 is 3.06 bits per heavy atom. The molecule has 0 radical (unpaired) electrons. The van der Waals surface area contributed by atoms with Crippen molar-refractivity contribution in [1.29, 1.82) is 0 Å². The maximum Gasteiger partial charge on any atom is 0.287 e. The first-order valence-corrected chi connectivity index (χ1v) is 4.89. The SMILES string of the molecule is O=[N+]([O-])c1ccc2nc(COCCO)nn2c1. The highest BCUT2D eigenvalue weighted by atomic mass is 16.6. The summed E-state index contributed by atoms with van der Waals surface area (Å²) in [7, 11) is 0. The molecule has 2 aromatic rings. The molecule has 0 bridgehead atoms. The number of rotatable bonds is 5. The average molecular weight is 238 g/mol. The van der Waals surface area contributed by atoms with Crippen LogP contribution in [0.15, 0.2) is 18.3 Å². The number of pyridine rings is 1. The monoisotopic (exact) mass is 238 g/mol. The molecule has 0 aliphatic carbocycles. The third-order valence-corrected chi connectivity index (χ3v) is 2.04. The zero-order chi connectivity index (χ0) is 12.3. The largest absolute Gasteiger partial charge is 0.394 e. The number of aliphatic hydroxyl groups is 1. The first kappa shape index (κ1) is 11.4. The van der Waals surface area contributed by atoms with Crippen molar-refractivity contribution < 1.29 is 14.8 Å². The molecule has 0 saturated heterocycles. The Kier molecular flexibility index (Phi) is 3.26. The van der Waals surface area contributed by atoms with E-state index in [0.717, 1.165) is 0 Å². The van der Waals surface area contributed by atoms with Crippen LogP contribution in [0.25, 0.3) is 5.65 Å². The van der Waals surface area contributed by atoms with Gasteiger partial charge in [-0.2, -0.15) is 0 Å². The van der Waals surface area contributed by atoms with Gasteiger partial charge >= 0.3 is 0 Å². The van der Waals surface area contributed by atoms with Gasteiger partial charge in [-0.15, -0.1) is 5.10 Å². The van der Waals surface area contributed by atoms with E-state index < -0.39 is 4.92 Å². The average Bonchev–Trinajstić information content (AvgIpc) is 2.70. The predicted octanol–water partition coefficient (Wildman–Crippen LogP) is 0.146. The third kappa shape index (κ3) is 2.55. The summed E-state index contributed by atoms with van der Waals surface area (Å²) in [5, 5.41) is 23.1. The molecule has 90 valence electrons. The zero-order valence-corrected chi connectivity index (χ0v) is 8.81. The van der Waals surface area contributed by atoms with Crippen molar-refractivity contribution in [3.63, 3.8) is 0 Å². The summed E-state index contributed by atoms with van der Waals surface area (Å²) in [6.07, 6.45) is 1.29. The smallest absolute Gasteiger partial charge is 0.287 e. The molecular weight excluding hydrogens is 228 g/mol. The second kappa shape index (κ2) is 4.85. The summed E-state index contributed by atoms with van der Waals surface area (Å²) < 4.78 is 6.38. The molecule has 0 atom stereocenters. The van der Waals surface area contributed by atoms with Crippen molar-refractivity contribution in [2.24, 2.45) is 0 Å². The standard InChI is InChI=1S/C9H10N4O4/c14-3-4-17-6-8-10-9-2-1-7(13(15)16)5-12(9)11-8/h1-2,5,14H,3-4,6H2. The molecule has 0 aliphatic rings. The number of fused-ring (bicyclic) bond motifs is 1. The fourth-order valence-electron chi connectivity index (χ4n) is 1.32. The van der Waals surface area contributed by atoms with E-state index in [0.29, 0.717) is 11.5 Å². The maximum atomic E-state index is 10.6. The third-order valence-electron chi connectivity index (χ3n) is 2.04. The van der Waals surface area contributed by atoms with Gasteiger partial charge in [-0.3, -0.25) is 10.1 Å². The van der Waals surface area contributed by atoms with Crippen molar-refractivity contribution >= 4 is 11.3 Å². The molecule has 8 heteroatoms. The van der Waals surface area contributed by atoms with Gasteiger partial charge in [0.25, 0.3) is 5.69 Å². The van der Waals surface area contributed by atoms with Crippen LogP contribution in [-0.2, 0) is 11.3 Å². The molecule has 0 fully saturated rings. The Morgan fingerprint density at radius 2 is 2.35 bits per heavy atom. The van der Waals surface area contributed by atoms with Crippen molar-refractivity contribution in [3.05, 3.63) is 34.3 Å². The summed E-state index contributed by atoms with van der Waals surface area (Å²) in [6.45, 7) is 0.296. The number of hydrogen-bond donors (Lipinski definition) is 1. The van der Waals surface area contributed by atoms with E-state index >= 15 is 0 Å². The van der Waals surface area contributed by atoms with Crippen molar-refractivity contribution in [2.45, 2.75) is 6.61 Å². The highest BCUT2D eigenvalue weighted by molar-refractivity contribution is 5.42. The highest BCUT2D eigenvalue weighted by Gasteiger charge is 2.09. The van der Waals surface area contributed by atoms with E-state index in [1.807, 2.05) is 0 Å². The minimum atomic E-state index is -0.497. The van der Waals surface area contributed by atoms with Gasteiger partial charge in [0.15, 0.2) is 11.5 Å². The summed E-state index contributed by atoms with van der Waals surface area (Å²) >= 11 is 0.